The zero-order valence-electron chi connectivity index (χ0n) is 10.3. The van der Waals surface area contributed by atoms with Crippen LogP contribution in [-0.4, -0.2) is 32.7 Å². The van der Waals surface area contributed by atoms with Crippen molar-refractivity contribution in [3.8, 4) is 11.4 Å². The SMILES string of the molecule is Nn1c(S[C@H]2CCOC2=O)nnc1-c1cccc(Br)c1. The van der Waals surface area contributed by atoms with Crippen LogP contribution in [0.3, 0.4) is 0 Å². The summed E-state index contributed by atoms with van der Waals surface area (Å²) in [5, 5.41) is 8.39. The summed E-state index contributed by atoms with van der Waals surface area (Å²) in [5.41, 5.74) is 0.857. The largest absolute Gasteiger partial charge is 0.465 e. The van der Waals surface area contributed by atoms with Crippen LogP contribution >= 0.6 is 27.7 Å². The molecule has 0 spiro atoms. The Morgan fingerprint density at radius 1 is 1.45 bits per heavy atom. The van der Waals surface area contributed by atoms with Gasteiger partial charge in [-0.15, -0.1) is 10.2 Å². The predicted octanol–water partition coefficient (Wildman–Crippen LogP) is 1.83. The van der Waals surface area contributed by atoms with E-state index in [0.717, 1.165) is 10.0 Å². The van der Waals surface area contributed by atoms with Gasteiger partial charge in [-0.05, 0) is 12.1 Å². The molecule has 0 amide bonds. The van der Waals surface area contributed by atoms with E-state index in [0.29, 0.717) is 24.0 Å². The number of nitrogens with zero attached hydrogens (tertiary/aromatic N) is 3. The number of hydrogen-bond acceptors (Lipinski definition) is 6. The fraction of sp³-hybridized carbons (Fsp3) is 0.250. The van der Waals surface area contributed by atoms with Crippen molar-refractivity contribution in [2.75, 3.05) is 12.4 Å². The van der Waals surface area contributed by atoms with Gasteiger partial charge in [0.2, 0.25) is 5.16 Å². The molecule has 1 aliphatic heterocycles. The van der Waals surface area contributed by atoms with Crippen LogP contribution in [0.25, 0.3) is 11.4 Å². The minimum absolute atomic E-state index is 0.220. The summed E-state index contributed by atoms with van der Waals surface area (Å²) in [6.07, 6.45) is 0.669. The number of nitrogen functional groups attached to an aromatic ring is 1. The van der Waals surface area contributed by atoms with Crippen molar-refractivity contribution in [3.05, 3.63) is 28.7 Å². The first-order valence-electron chi connectivity index (χ1n) is 5.95. The number of thioether (sulfide) groups is 1. The maximum atomic E-state index is 11.5. The van der Waals surface area contributed by atoms with E-state index in [1.807, 2.05) is 24.3 Å². The van der Waals surface area contributed by atoms with Gasteiger partial charge in [0.1, 0.15) is 5.25 Å². The number of carbonyl (C=O) groups excluding carboxylic acids is 1. The smallest absolute Gasteiger partial charge is 0.319 e. The molecule has 104 valence electrons. The van der Waals surface area contributed by atoms with E-state index in [-0.39, 0.29) is 11.2 Å². The molecular weight excluding hydrogens is 344 g/mol. The van der Waals surface area contributed by atoms with Crippen molar-refractivity contribution in [2.24, 2.45) is 0 Å². The van der Waals surface area contributed by atoms with E-state index in [1.54, 1.807) is 0 Å². The van der Waals surface area contributed by atoms with Gasteiger partial charge in [0, 0.05) is 16.5 Å². The number of hydrogen-bond donors (Lipinski definition) is 1. The van der Waals surface area contributed by atoms with Crippen LogP contribution in [0.2, 0.25) is 0 Å². The molecule has 20 heavy (non-hydrogen) atoms. The Balaban J connectivity index is 1.87. The Bertz CT molecular complexity index is 661. The van der Waals surface area contributed by atoms with E-state index < -0.39 is 0 Å². The molecule has 0 bridgehead atoms. The maximum absolute atomic E-state index is 11.5. The summed E-state index contributed by atoms with van der Waals surface area (Å²) in [6.45, 7) is 0.452. The van der Waals surface area contributed by atoms with Crippen molar-refractivity contribution < 1.29 is 9.53 Å². The van der Waals surface area contributed by atoms with Crippen LogP contribution in [0.4, 0.5) is 0 Å². The van der Waals surface area contributed by atoms with Gasteiger partial charge in [-0.3, -0.25) is 4.79 Å². The number of carbonyl (C=O) groups is 1. The lowest BCUT2D eigenvalue weighted by atomic mass is 10.2. The van der Waals surface area contributed by atoms with E-state index in [9.17, 15) is 4.79 Å². The number of esters is 1. The van der Waals surface area contributed by atoms with E-state index in [2.05, 4.69) is 26.1 Å². The number of benzene rings is 1. The average molecular weight is 355 g/mol. The van der Waals surface area contributed by atoms with Crippen molar-refractivity contribution in [2.45, 2.75) is 16.8 Å². The standard InChI is InChI=1S/C12H11BrN4O2S/c13-8-3-1-2-7(6-8)10-15-16-12(17(10)14)20-9-4-5-19-11(9)18/h1-3,6,9H,4-5,14H2/t9-/m0/s1. The highest BCUT2D eigenvalue weighted by molar-refractivity contribution is 9.10. The van der Waals surface area contributed by atoms with Gasteiger partial charge in [-0.1, -0.05) is 39.8 Å². The molecular formula is C12H11BrN4O2S. The lowest BCUT2D eigenvalue weighted by molar-refractivity contribution is -0.137. The van der Waals surface area contributed by atoms with Crippen LogP contribution in [0.5, 0.6) is 0 Å². The zero-order valence-corrected chi connectivity index (χ0v) is 12.7. The molecule has 1 aliphatic rings. The molecule has 1 aromatic carbocycles. The second-order valence-corrected chi connectivity index (χ2v) is 6.33. The van der Waals surface area contributed by atoms with Crippen LogP contribution < -0.4 is 5.84 Å². The maximum Gasteiger partial charge on any atom is 0.319 e. The van der Waals surface area contributed by atoms with E-state index in [1.165, 1.54) is 16.4 Å². The minimum Gasteiger partial charge on any atom is -0.465 e. The number of ether oxygens (including phenoxy) is 1. The second kappa shape index (κ2) is 5.45. The second-order valence-electron chi connectivity index (χ2n) is 4.25. The molecule has 2 aromatic rings. The highest BCUT2D eigenvalue weighted by atomic mass is 79.9. The summed E-state index contributed by atoms with van der Waals surface area (Å²) in [6, 6.07) is 7.63. The quantitative estimate of drug-likeness (QED) is 0.668. The Hall–Kier alpha value is -1.54. The number of halogens is 1. The third-order valence-electron chi connectivity index (χ3n) is 2.88. The van der Waals surface area contributed by atoms with Crippen LogP contribution in [0.1, 0.15) is 6.42 Å². The van der Waals surface area contributed by atoms with Crippen molar-refractivity contribution in [1.82, 2.24) is 14.9 Å². The Labute approximate surface area is 127 Å². The van der Waals surface area contributed by atoms with Crippen molar-refractivity contribution in [1.29, 1.82) is 0 Å². The van der Waals surface area contributed by atoms with Gasteiger partial charge in [-0.2, -0.15) is 0 Å². The van der Waals surface area contributed by atoms with E-state index in [4.69, 9.17) is 10.6 Å². The molecule has 0 radical (unpaired) electrons. The summed E-state index contributed by atoms with van der Waals surface area (Å²) in [4.78, 5) is 11.5. The van der Waals surface area contributed by atoms with Crippen molar-refractivity contribution in [3.63, 3.8) is 0 Å². The minimum atomic E-state index is -0.253. The zero-order chi connectivity index (χ0) is 14.1. The monoisotopic (exact) mass is 354 g/mol. The van der Waals surface area contributed by atoms with Gasteiger partial charge in [0.05, 0.1) is 6.61 Å². The first kappa shape index (κ1) is 13.4. The number of rotatable bonds is 3. The molecule has 0 aliphatic carbocycles. The summed E-state index contributed by atoms with van der Waals surface area (Å²) >= 11 is 4.69. The Kier molecular flexibility index (Phi) is 3.66. The van der Waals surface area contributed by atoms with Gasteiger partial charge >= 0.3 is 5.97 Å². The summed E-state index contributed by atoms with van der Waals surface area (Å²) < 4.78 is 7.26. The molecule has 1 atom stereocenters. The molecule has 6 nitrogen and oxygen atoms in total. The number of cyclic esters (lactones) is 1. The molecule has 1 fully saturated rings. The highest BCUT2D eigenvalue weighted by Gasteiger charge is 2.29. The molecule has 3 rings (SSSR count). The fourth-order valence-corrected chi connectivity index (χ4v) is 3.21. The van der Waals surface area contributed by atoms with Gasteiger partial charge in [0.15, 0.2) is 5.82 Å². The molecule has 1 aromatic heterocycles. The third kappa shape index (κ3) is 2.53. The normalized spacial score (nSPS) is 18.2. The summed E-state index contributed by atoms with van der Waals surface area (Å²) in [5.74, 6) is 6.35. The molecule has 8 heteroatoms. The van der Waals surface area contributed by atoms with Crippen LogP contribution in [-0.2, 0) is 9.53 Å². The highest BCUT2D eigenvalue weighted by Crippen LogP contribution is 2.30. The summed E-state index contributed by atoms with van der Waals surface area (Å²) in [7, 11) is 0. The topological polar surface area (TPSA) is 83.0 Å². The third-order valence-corrected chi connectivity index (χ3v) is 4.58. The predicted molar refractivity (Wildman–Crippen MR) is 78.5 cm³/mol. The first-order chi connectivity index (χ1) is 9.65. The lowest BCUT2D eigenvalue weighted by Crippen LogP contribution is -2.15. The molecule has 0 unspecified atom stereocenters. The van der Waals surface area contributed by atoms with Crippen LogP contribution in [0.15, 0.2) is 33.9 Å². The molecule has 2 N–H and O–H groups in total. The molecule has 0 saturated carbocycles. The molecule has 1 saturated heterocycles. The van der Waals surface area contributed by atoms with E-state index >= 15 is 0 Å². The fourth-order valence-electron chi connectivity index (χ4n) is 1.89. The lowest BCUT2D eigenvalue weighted by Gasteiger charge is -2.06. The van der Waals surface area contributed by atoms with Crippen LogP contribution in [0, 0.1) is 0 Å². The number of aromatic nitrogens is 3. The Morgan fingerprint density at radius 2 is 2.30 bits per heavy atom. The Morgan fingerprint density at radius 3 is 3.00 bits per heavy atom. The number of nitrogens with two attached hydrogens (primary N) is 1. The van der Waals surface area contributed by atoms with Gasteiger partial charge in [-0.25, -0.2) is 4.68 Å². The van der Waals surface area contributed by atoms with Gasteiger partial charge < -0.3 is 10.6 Å². The average Bonchev–Trinajstić information content (AvgIpc) is 2.98. The first-order valence-corrected chi connectivity index (χ1v) is 7.62. The molecule has 2 heterocycles. The van der Waals surface area contributed by atoms with Crippen molar-refractivity contribution >= 4 is 33.7 Å². The van der Waals surface area contributed by atoms with Gasteiger partial charge in [0.25, 0.3) is 0 Å².